The molecule has 0 aliphatic rings. The number of hydrogen-bond donors (Lipinski definition) is 0. The summed E-state index contributed by atoms with van der Waals surface area (Å²) in [5.74, 6) is 0.408. The van der Waals surface area contributed by atoms with Crippen molar-refractivity contribution in [1.29, 1.82) is 0 Å². The van der Waals surface area contributed by atoms with Crippen LogP contribution in [0.3, 0.4) is 0 Å². The molecule has 1 rings (SSSR count). The molecule has 1 aromatic rings. The first-order chi connectivity index (χ1) is 29.8. The summed E-state index contributed by atoms with van der Waals surface area (Å²) in [5, 5.41) is 0. The van der Waals surface area contributed by atoms with Crippen molar-refractivity contribution in [3.05, 3.63) is 23.8 Å². The van der Waals surface area contributed by atoms with Gasteiger partial charge in [-0.25, -0.2) is 16.8 Å². The summed E-state index contributed by atoms with van der Waals surface area (Å²) in [6.07, 6.45) is 0.342. The van der Waals surface area contributed by atoms with Gasteiger partial charge in [-0.05, 0) is 36.0 Å². The fourth-order valence-corrected chi connectivity index (χ4v) is 5.65. The minimum absolute atomic E-state index is 0. The molecule has 0 radical (unpaired) electrons. The van der Waals surface area contributed by atoms with Gasteiger partial charge in [0.2, 0.25) is 0 Å². The van der Waals surface area contributed by atoms with Crippen molar-refractivity contribution in [3.63, 3.8) is 0 Å². The Balaban J connectivity index is 0. The minimum atomic E-state index is -4.19. The van der Waals surface area contributed by atoms with Gasteiger partial charge in [-0.1, -0.05) is 26.8 Å². The summed E-state index contributed by atoms with van der Waals surface area (Å²) in [6.45, 7) is 16.3. The maximum absolute atomic E-state index is 10.5. The van der Waals surface area contributed by atoms with Gasteiger partial charge in [0, 0.05) is 24.7 Å². The molecule has 0 aromatic heterocycles. The molecule has 0 spiro atoms. The quantitative estimate of drug-likeness (QED) is 0.0342. The third-order valence-corrected chi connectivity index (χ3v) is 9.44. The van der Waals surface area contributed by atoms with Gasteiger partial charge in [0.05, 0.1) is 166 Å². The molecule has 0 saturated carbocycles. The predicted octanol–water partition coefficient (Wildman–Crippen LogP) is -4.18. The van der Waals surface area contributed by atoms with E-state index in [1.54, 1.807) is 0 Å². The van der Waals surface area contributed by atoms with Crippen molar-refractivity contribution in [2.45, 2.75) is 39.0 Å². The molecule has 0 unspecified atom stereocenters. The Bertz CT molecular complexity index is 1410. The summed E-state index contributed by atoms with van der Waals surface area (Å²) in [7, 11) is -8.39. The zero-order chi connectivity index (χ0) is 45.5. The fraction of sp³-hybridized carbons (Fsp3) is 0.850. The van der Waals surface area contributed by atoms with E-state index in [0.717, 1.165) is 5.56 Å². The Labute approximate surface area is 467 Å². The molecule has 0 bridgehead atoms. The molecule has 0 amide bonds. The van der Waals surface area contributed by atoms with Gasteiger partial charge in [0.1, 0.15) is 13.2 Å². The van der Waals surface area contributed by atoms with E-state index < -0.39 is 31.7 Å². The van der Waals surface area contributed by atoms with Crippen LogP contribution >= 0.6 is 0 Å². The summed E-state index contributed by atoms with van der Waals surface area (Å²) in [4.78, 5) is 0. The molecule has 0 aliphatic heterocycles. The Morgan fingerprint density at radius 1 is 0.375 bits per heavy atom. The molecule has 366 valence electrons. The van der Waals surface area contributed by atoms with Crippen LogP contribution in [0, 0.1) is 0 Å². The normalized spacial score (nSPS) is 12.0. The largest absolute Gasteiger partial charge is 1.00 e. The molecule has 24 heteroatoms. The zero-order valence-corrected chi connectivity index (χ0v) is 46.8. The fourth-order valence-electron chi connectivity index (χ4n) is 4.71. The van der Waals surface area contributed by atoms with E-state index in [1.165, 1.54) is 0 Å². The van der Waals surface area contributed by atoms with Crippen LogP contribution in [0.4, 0.5) is 0 Å². The van der Waals surface area contributed by atoms with Gasteiger partial charge in [-0.2, -0.15) is 0 Å². The first-order valence-electron chi connectivity index (χ1n) is 21.0. The van der Waals surface area contributed by atoms with Crippen LogP contribution in [-0.4, -0.2) is 209 Å². The Kier molecular flexibility index (Phi) is 48.1. The van der Waals surface area contributed by atoms with E-state index in [4.69, 9.17) is 66.3 Å². The van der Waals surface area contributed by atoms with Crippen molar-refractivity contribution in [3.8, 4) is 11.5 Å². The Morgan fingerprint density at radius 3 is 0.859 bits per heavy atom. The van der Waals surface area contributed by atoms with Crippen molar-refractivity contribution in [2.24, 2.45) is 0 Å². The number of hydrogen-bond acceptors (Lipinski definition) is 20. The standard InChI is InChI=1S/C40H74O20S2.2K/c1-40(2,3)37-6-7-38(59-32-30-57-28-26-55-24-22-53-20-18-51-16-14-49-12-10-47-8-4-34-61(41,42)43)39(36-37)60-33-31-58-29-27-56-25-23-54-21-19-52-17-15-50-13-11-48-9-5-35-62(44,45)46;;/h6-7,36H,4-5,8-35H2,1-3H3,(H,41,42,43)(H,44,45,46);;/q;2*+1/p-2. The number of ether oxygens (including phenoxy) is 14. The van der Waals surface area contributed by atoms with Crippen LogP contribution in [0.5, 0.6) is 11.5 Å². The topological polar surface area (TPSA) is 244 Å². The predicted molar refractivity (Wildman–Crippen MR) is 224 cm³/mol. The van der Waals surface area contributed by atoms with Crippen LogP contribution in [-0.2, 0) is 82.5 Å². The third-order valence-electron chi connectivity index (χ3n) is 7.87. The van der Waals surface area contributed by atoms with E-state index in [-0.39, 0.29) is 134 Å². The molecule has 0 N–H and O–H groups in total. The van der Waals surface area contributed by atoms with Crippen molar-refractivity contribution in [1.82, 2.24) is 0 Å². The summed E-state index contributed by atoms with van der Waals surface area (Å²) < 4.78 is 140. The maximum atomic E-state index is 10.5. The third kappa shape index (κ3) is 47.1. The van der Waals surface area contributed by atoms with E-state index in [1.807, 2.05) is 18.2 Å². The van der Waals surface area contributed by atoms with E-state index in [9.17, 15) is 25.9 Å². The van der Waals surface area contributed by atoms with Gasteiger partial charge < -0.3 is 75.4 Å². The van der Waals surface area contributed by atoms with Crippen LogP contribution in [0.2, 0.25) is 0 Å². The first kappa shape index (κ1) is 67.5. The molecular weight excluding hydrogens is 943 g/mol. The molecular formula is C40H72K2O20S2. The maximum Gasteiger partial charge on any atom is 1.00 e. The van der Waals surface area contributed by atoms with Crippen LogP contribution in [0.25, 0.3) is 0 Å². The Hall–Kier alpha value is 1.43. The Morgan fingerprint density at radius 2 is 0.609 bits per heavy atom. The van der Waals surface area contributed by atoms with Crippen molar-refractivity contribution >= 4 is 20.2 Å². The van der Waals surface area contributed by atoms with Crippen molar-refractivity contribution in [2.75, 3.05) is 183 Å². The van der Waals surface area contributed by atoms with Crippen LogP contribution in [0.1, 0.15) is 39.2 Å². The second kappa shape index (κ2) is 45.6. The molecule has 0 aliphatic carbocycles. The van der Waals surface area contributed by atoms with E-state index in [0.29, 0.717) is 170 Å². The average molecular weight is 1020 g/mol. The second-order valence-corrected chi connectivity index (χ2v) is 17.2. The van der Waals surface area contributed by atoms with E-state index >= 15 is 0 Å². The average Bonchev–Trinajstić information content (AvgIpc) is 3.20. The number of rotatable bonds is 46. The zero-order valence-electron chi connectivity index (χ0n) is 38.9. The molecule has 1 aromatic carbocycles. The minimum Gasteiger partial charge on any atom is -0.748 e. The SMILES string of the molecule is CC(C)(C)c1ccc(OCCOCCOCCOCCOCCOCCOCCCS(=O)(=O)[O-])c(OCCOCCOCCOCCOCCOCCOCCCS(=O)(=O)[O-])c1.[K+].[K+]. The van der Waals surface area contributed by atoms with Gasteiger partial charge in [0.25, 0.3) is 0 Å². The van der Waals surface area contributed by atoms with Gasteiger partial charge in [-0.3, -0.25) is 0 Å². The molecule has 0 heterocycles. The first-order valence-corrected chi connectivity index (χ1v) is 24.1. The molecule has 64 heavy (non-hydrogen) atoms. The smallest absolute Gasteiger partial charge is 0.748 e. The molecule has 0 saturated heterocycles. The molecule has 0 atom stereocenters. The van der Waals surface area contributed by atoms with Crippen molar-refractivity contribution < 1.29 is 195 Å². The van der Waals surface area contributed by atoms with Crippen LogP contribution in [0.15, 0.2) is 18.2 Å². The summed E-state index contributed by atoms with van der Waals surface area (Å²) in [5.41, 5.74) is 1.05. The van der Waals surface area contributed by atoms with E-state index in [2.05, 4.69) is 20.8 Å². The summed E-state index contributed by atoms with van der Waals surface area (Å²) in [6, 6.07) is 5.94. The second-order valence-electron chi connectivity index (χ2n) is 14.2. The van der Waals surface area contributed by atoms with Gasteiger partial charge in [0.15, 0.2) is 11.5 Å². The summed E-state index contributed by atoms with van der Waals surface area (Å²) >= 11 is 0. The molecule has 0 fully saturated rings. The number of benzene rings is 1. The molecule has 20 nitrogen and oxygen atoms in total. The van der Waals surface area contributed by atoms with Gasteiger partial charge in [-0.15, -0.1) is 0 Å². The van der Waals surface area contributed by atoms with Gasteiger partial charge >= 0.3 is 103 Å². The monoisotopic (exact) mass is 1010 g/mol. The van der Waals surface area contributed by atoms with Crippen LogP contribution < -0.4 is 112 Å².